The second-order valence-electron chi connectivity index (χ2n) is 8.91. The summed E-state index contributed by atoms with van der Waals surface area (Å²) in [6.45, 7) is 5.80. The molecular formula is C29H26FN4O3+. The van der Waals surface area contributed by atoms with Gasteiger partial charge in [0, 0.05) is 17.8 Å². The maximum atomic E-state index is 13.9. The van der Waals surface area contributed by atoms with E-state index in [9.17, 15) is 18.8 Å². The molecule has 5 rings (SSSR count). The van der Waals surface area contributed by atoms with Gasteiger partial charge < -0.3 is 0 Å². The van der Waals surface area contributed by atoms with Gasteiger partial charge in [-0.2, -0.15) is 4.57 Å². The van der Waals surface area contributed by atoms with Crippen LogP contribution in [0, 0.1) is 12.7 Å². The Morgan fingerprint density at radius 1 is 0.811 bits per heavy atom. The van der Waals surface area contributed by atoms with Crippen LogP contribution in [0.3, 0.4) is 0 Å². The van der Waals surface area contributed by atoms with Gasteiger partial charge in [-0.15, -0.1) is 0 Å². The fourth-order valence-electron chi connectivity index (χ4n) is 4.52. The molecule has 2 amide bonds. The monoisotopic (exact) mass is 497 g/mol. The van der Waals surface area contributed by atoms with Crippen LogP contribution in [0.15, 0.2) is 77.9 Å². The van der Waals surface area contributed by atoms with Crippen LogP contribution >= 0.6 is 0 Å². The van der Waals surface area contributed by atoms with Crippen molar-refractivity contribution >= 4 is 28.8 Å². The number of nitrogens with one attached hydrogen (secondary N) is 1. The summed E-state index contributed by atoms with van der Waals surface area (Å²) in [6.07, 6.45) is 4.68. The number of rotatable bonds is 6. The van der Waals surface area contributed by atoms with E-state index in [-0.39, 0.29) is 16.8 Å². The molecule has 0 unspecified atom stereocenters. The number of nitrogens with zero attached hydrogens (tertiary/aromatic N) is 3. The van der Waals surface area contributed by atoms with Gasteiger partial charge in [0.25, 0.3) is 17.2 Å². The van der Waals surface area contributed by atoms with Crippen LogP contribution < -0.4 is 15.0 Å². The number of carbonyl (C=O) groups excluding carboxylic acids is 2. The largest absolute Gasteiger partial charge is 0.331 e. The first-order valence-corrected chi connectivity index (χ1v) is 12.1. The zero-order valence-corrected chi connectivity index (χ0v) is 20.8. The van der Waals surface area contributed by atoms with Gasteiger partial charge in [0.1, 0.15) is 11.4 Å². The zero-order valence-electron chi connectivity index (χ0n) is 20.8. The number of anilines is 1. The molecule has 1 aliphatic rings. The van der Waals surface area contributed by atoms with Crippen LogP contribution in [0.25, 0.3) is 17.0 Å². The Morgan fingerprint density at radius 3 is 2.03 bits per heavy atom. The number of H-pyrrole nitrogens is 1. The topological polar surface area (TPSA) is 79.1 Å². The zero-order chi connectivity index (χ0) is 26.3. The van der Waals surface area contributed by atoms with Crippen LogP contribution in [0.1, 0.15) is 36.2 Å². The lowest BCUT2D eigenvalue weighted by molar-refractivity contribution is -0.576. The van der Waals surface area contributed by atoms with Crippen LogP contribution in [-0.4, -0.2) is 21.6 Å². The summed E-state index contributed by atoms with van der Waals surface area (Å²) >= 11 is 0. The molecule has 2 aromatic carbocycles. The summed E-state index contributed by atoms with van der Waals surface area (Å²) in [6, 6.07) is 16.3. The Balaban J connectivity index is 1.75. The fraction of sp³-hybridized carbons (Fsp3) is 0.172. The number of pyridine rings is 1. The lowest BCUT2D eigenvalue weighted by Crippen LogP contribution is -2.39. The molecule has 0 aliphatic carbocycles. The number of amides is 2. The molecule has 0 fully saturated rings. The van der Waals surface area contributed by atoms with Crippen LogP contribution in [0.5, 0.6) is 0 Å². The molecule has 0 spiro atoms. The van der Waals surface area contributed by atoms with Gasteiger partial charge in [-0.1, -0.05) is 31.5 Å². The second kappa shape index (κ2) is 9.46. The van der Waals surface area contributed by atoms with Gasteiger partial charge in [-0.25, -0.2) is 14.0 Å². The van der Waals surface area contributed by atoms with E-state index in [4.69, 9.17) is 0 Å². The van der Waals surface area contributed by atoms with E-state index < -0.39 is 23.2 Å². The van der Waals surface area contributed by atoms with Gasteiger partial charge in [-0.05, 0) is 61.7 Å². The Kier molecular flexibility index (Phi) is 6.17. The van der Waals surface area contributed by atoms with Crippen molar-refractivity contribution < 1.29 is 18.5 Å². The highest BCUT2D eigenvalue weighted by molar-refractivity contribution is 6.53. The predicted molar refractivity (Wildman–Crippen MR) is 139 cm³/mol. The lowest BCUT2D eigenvalue weighted by Gasteiger charge is -2.14. The average Bonchev–Trinajstić information content (AvgIpc) is 3.37. The molecule has 3 heterocycles. The van der Waals surface area contributed by atoms with Crippen molar-refractivity contribution in [1.82, 2.24) is 9.78 Å². The molecule has 4 aromatic rings. The van der Waals surface area contributed by atoms with Crippen LogP contribution in [0.4, 0.5) is 10.1 Å². The number of carbonyl (C=O) groups is 2. The highest BCUT2D eigenvalue weighted by atomic mass is 19.1. The molecule has 0 saturated heterocycles. The molecular weight excluding hydrogens is 471 g/mol. The van der Waals surface area contributed by atoms with Gasteiger partial charge in [-0.3, -0.25) is 19.5 Å². The van der Waals surface area contributed by atoms with Crippen molar-refractivity contribution in [1.29, 1.82) is 0 Å². The predicted octanol–water partition coefficient (Wildman–Crippen LogP) is 3.97. The van der Waals surface area contributed by atoms with E-state index >= 15 is 0 Å². The smallest absolute Gasteiger partial charge is 0.294 e. The molecule has 0 saturated carbocycles. The number of hydrogen-bond donors (Lipinski definition) is 1. The number of aromatic nitrogens is 3. The summed E-state index contributed by atoms with van der Waals surface area (Å²) in [5, 5.41) is 3.06. The van der Waals surface area contributed by atoms with Crippen molar-refractivity contribution in [2.45, 2.75) is 33.6 Å². The second-order valence-corrected chi connectivity index (χ2v) is 8.91. The normalized spacial score (nSPS) is 13.7. The van der Waals surface area contributed by atoms with E-state index in [1.165, 1.54) is 28.9 Å². The first kappa shape index (κ1) is 24.1. The summed E-state index contributed by atoms with van der Waals surface area (Å²) in [5.41, 5.74) is 3.16. The van der Waals surface area contributed by atoms with Crippen LogP contribution in [-0.2, 0) is 22.4 Å². The first-order chi connectivity index (χ1) is 17.8. The standard InChI is InChI=1S/C29H25FN4O3/c1-4-19-14-16-32(17-15-19)26-25(27(35)33(29(26)37)21-10-6-18(3)7-11-21)24-23(5-2)31-34(28(24)36)22-12-8-20(30)9-13-22/h6-17H,4-5H2,1-3H3/p+1. The molecule has 2 aromatic heterocycles. The summed E-state index contributed by atoms with van der Waals surface area (Å²) < 4.78 is 16.4. The van der Waals surface area contributed by atoms with E-state index in [2.05, 4.69) is 5.10 Å². The van der Waals surface area contributed by atoms with Gasteiger partial charge in [0.15, 0.2) is 12.4 Å². The summed E-state index contributed by atoms with van der Waals surface area (Å²) in [4.78, 5) is 42.6. The van der Waals surface area contributed by atoms with Crippen molar-refractivity contribution in [3.63, 3.8) is 0 Å². The third kappa shape index (κ3) is 4.10. The Bertz CT molecular complexity index is 1600. The third-order valence-corrected chi connectivity index (χ3v) is 6.57. The van der Waals surface area contributed by atoms with E-state index in [1.54, 1.807) is 29.1 Å². The Labute approximate surface area is 213 Å². The molecule has 0 radical (unpaired) electrons. The van der Waals surface area contributed by atoms with Crippen LogP contribution in [0.2, 0.25) is 0 Å². The van der Waals surface area contributed by atoms with E-state index in [0.29, 0.717) is 23.5 Å². The average molecular weight is 498 g/mol. The number of hydrogen-bond acceptors (Lipinski definition) is 3. The molecule has 186 valence electrons. The first-order valence-electron chi connectivity index (χ1n) is 12.1. The Hall–Kier alpha value is -4.59. The SMILES string of the molecule is CCc1cc[n+](C2=C(c3c(CC)[nH]n(-c4ccc(F)cc4)c3=O)C(=O)N(c3ccc(C)cc3)C2=O)cc1. The molecule has 0 bridgehead atoms. The fourth-order valence-corrected chi connectivity index (χ4v) is 4.52. The van der Waals surface area contributed by atoms with E-state index in [0.717, 1.165) is 22.4 Å². The minimum Gasteiger partial charge on any atom is -0.294 e. The van der Waals surface area contributed by atoms with E-state index in [1.807, 2.05) is 45.0 Å². The number of imide groups is 1. The maximum absolute atomic E-state index is 13.9. The molecule has 1 N–H and O–H groups in total. The summed E-state index contributed by atoms with van der Waals surface area (Å²) in [7, 11) is 0. The van der Waals surface area contributed by atoms with Crippen molar-refractivity contribution in [2.24, 2.45) is 0 Å². The minimum atomic E-state index is -0.576. The molecule has 7 nitrogen and oxygen atoms in total. The van der Waals surface area contributed by atoms with Gasteiger partial charge in [0.2, 0.25) is 0 Å². The Morgan fingerprint density at radius 2 is 1.43 bits per heavy atom. The lowest BCUT2D eigenvalue weighted by atomic mass is 10.0. The van der Waals surface area contributed by atoms with Gasteiger partial charge in [0.05, 0.1) is 16.9 Å². The molecule has 8 heteroatoms. The molecule has 1 aliphatic heterocycles. The minimum absolute atomic E-state index is 0.0267. The number of benzene rings is 2. The number of aromatic amines is 1. The molecule has 37 heavy (non-hydrogen) atoms. The molecule has 0 atom stereocenters. The summed E-state index contributed by atoms with van der Waals surface area (Å²) in [5.74, 6) is -1.52. The van der Waals surface area contributed by atoms with Crippen molar-refractivity contribution in [3.8, 4) is 5.69 Å². The number of aryl methyl sites for hydroxylation is 3. The highest BCUT2D eigenvalue weighted by Gasteiger charge is 2.48. The highest BCUT2D eigenvalue weighted by Crippen LogP contribution is 2.33. The van der Waals surface area contributed by atoms with Gasteiger partial charge >= 0.3 is 5.91 Å². The quantitative estimate of drug-likeness (QED) is 0.324. The van der Waals surface area contributed by atoms with Crippen molar-refractivity contribution in [3.05, 3.63) is 112 Å². The van der Waals surface area contributed by atoms with Crippen molar-refractivity contribution in [2.75, 3.05) is 4.90 Å². The number of halogens is 1. The third-order valence-electron chi connectivity index (χ3n) is 6.57. The maximum Gasteiger partial charge on any atom is 0.331 e.